The number of nitrogens with zero attached hydrogens (tertiary/aromatic N) is 2. The van der Waals surface area contributed by atoms with Gasteiger partial charge in [-0.25, -0.2) is 0 Å². The van der Waals surface area contributed by atoms with Crippen molar-refractivity contribution >= 4 is 22.6 Å². The summed E-state index contributed by atoms with van der Waals surface area (Å²) in [7, 11) is 0. The molecule has 25 heavy (non-hydrogen) atoms. The monoisotopic (exact) mass is 339 g/mol. The van der Waals surface area contributed by atoms with E-state index in [0.29, 0.717) is 12.5 Å². The Morgan fingerprint density at radius 1 is 1.16 bits per heavy atom. The second-order valence-electron chi connectivity index (χ2n) is 7.19. The number of aromatic amines is 1. The van der Waals surface area contributed by atoms with E-state index in [2.05, 4.69) is 22.9 Å². The van der Waals surface area contributed by atoms with Crippen molar-refractivity contribution in [2.75, 3.05) is 32.7 Å². The minimum atomic E-state index is 0.154. The van der Waals surface area contributed by atoms with Crippen molar-refractivity contribution in [3.05, 3.63) is 35.5 Å². The van der Waals surface area contributed by atoms with E-state index in [9.17, 15) is 9.59 Å². The number of benzene rings is 1. The number of Topliss-reactive ketones (excluding diaryl/α,β-unsaturated/α-hetero) is 1. The number of aromatic nitrogens is 1. The number of rotatable bonds is 5. The van der Waals surface area contributed by atoms with Crippen molar-refractivity contribution in [1.82, 2.24) is 14.8 Å². The number of hydrogen-bond acceptors (Lipinski definition) is 3. The van der Waals surface area contributed by atoms with E-state index in [1.807, 2.05) is 23.2 Å². The van der Waals surface area contributed by atoms with Gasteiger partial charge < -0.3 is 9.88 Å². The topological polar surface area (TPSA) is 56.4 Å². The second-order valence-corrected chi connectivity index (χ2v) is 7.19. The van der Waals surface area contributed by atoms with Crippen molar-refractivity contribution in [3.8, 4) is 0 Å². The fourth-order valence-corrected chi connectivity index (χ4v) is 3.75. The summed E-state index contributed by atoms with van der Waals surface area (Å²) in [6, 6.07) is 6.14. The predicted molar refractivity (Wildman–Crippen MR) is 97.8 cm³/mol. The highest BCUT2D eigenvalue weighted by molar-refractivity contribution is 6.09. The van der Waals surface area contributed by atoms with Gasteiger partial charge in [-0.05, 0) is 24.8 Å². The Kier molecular flexibility index (Phi) is 4.34. The largest absolute Gasteiger partial charge is 0.360 e. The summed E-state index contributed by atoms with van der Waals surface area (Å²) in [5.74, 6) is 0.753. The summed E-state index contributed by atoms with van der Waals surface area (Å²) < 4.78 is 0. The smallest absolute Gasteiger partial charge is 0.225 e. The van der Waals surface area contributed by atoms with Gasteiger partial charge in [-0.3, -0.25) is 14.5 Å². The molecule has 0 atom stereocenters. The van der Waals surface area contributed by atoms with Gasteiger partial charge in [-0.2, -0.15) is 0 Å². The highest BCUT2D eigenvalue weighted by atomic mass is 16.2. The molecular formula is C20H25N3O2. The molecule has 5 nitrogen and oxygen atoms in total. The molecule has 1 saturated carbocycles. The van der Waals surface area contributed by atoms with Gasteiger partial charge in [0.25, 0.3) is 0 Å². The van der Waals surface area contributed by atoms with Crippen molar-refractivity contribution in [3.63, 3.8) is 0 Å². The van der Waals surface area contributed by atoms with E-state index in [0.717, 1.165) is 61.9 Å². The number of hydrogen-bond donors (Lipinski definition) is 1. The molecule has 2 aliphatic rings. The lowest BCUT2D eigenvalue weighted by Crippen LogP contribution is -2.50. The normalized spacial score (nSPS) is 18.7. The highest BCUT2D eigenvalue weighted by Crippen LogP contribution is 2.31. The molecule has 1 aromatic heterocycles. The van der Waals surface area contributed by atoms with Crippen LogP contribution in [0.1, 0.15) is 35.7 Å². The zero-order chi connectivity index (χ0) is 17.4. The summed E-state index contributed by atoms with van der Waals surface area (Å²) in [6.45, 7) is 5.61. The number of H-pyrrole nitrogens is 1. The van der Waals surface area contributed by atoms with Crippen LogP contribution in [0, 0.1) is 5.92 Å². The Balaban J connectivity index is 1.40. The van der Waals surface area contributed by atoms with Crippen LogP contribution in [-0.4, -0.2) is 59.2 Å². The maximum atomic E-state index is 12.8. The molecule has 132 valence electrons. The molecule has 0 unspecified atom stereocenters. The highest BCUT2D eigenvalue weighted by Gasteiger charge is 2.34. The standard InChI is InChI=1S/C20H25N3O2/c1-2-14-4-3-5-16-17(12-21-19(14)16)18(24)13-22-8-10-23(11-9-22)20(25)15-6-7-15/h3-5,12,15,21H,2,6-11,13H2,1H3. The molecule has 1 N–H and O–H groups in total. The molecule has 4 rings (SSSR count). The number of carbonyl (C=O) groups is 2. The lowest BCUT2D eigenvalue weighted by atomic mass is 10.0. The fourth-order valence-electron chi connectivity index (χ4n) is 3.75. The summed E-state index contributed by atoms with van der Waals surface area (Å²) in [5.41, 5.74) is 3.10. The Morgan fingerprint density at radius 3 is 2.60 bits per heavy atom. The maximum Gasteiger partial charge on any atom is 0.225 e. The summed E-state index contributed by atoms with van der Waals surface area (Å²) in [5, 5.41) is 1.02. The quantitative estimate of drug-likeness (QED) is 0.852. The molecule has 1 aliphatic heterocycles. The van der Waals surface area contributed by atoms with Crippen molar-refractivity contribution in [2.45, 2.75) is 26.2 Å². The number of fused-ring (bicyclic) bond motifs is 1. The van der Waals surface area contributed by atoms with Gasteiger partial charge in [-0.1, -0.05) is 25.1 Å². The number of carbonyl (C=O) groups excluding carboxylic acids is 2. The molecule has 0 radical (unpaired) electrons. The number of para-hydroxylation sites is 1. The van der Waals surface area contributed by atoms with Gasteiger partial charge in [0.05, 0.1) is 6.54 Å². The molecule has 1 aromatic carbocycles. The molecule has 1 amide bonds. The molecule has 0 spiro atoms. The lowest BCUT2D eigenvalue weighted by molar-refractivity contribution is -0.134. The van der Waals surface area contributed by atoms with Crippen LogP contribution in [0.2, 0.25) is 0 Å². The predicted octanol–water partition coefficient (Wildman–Crippen LogP) is 2.47. The van der Waals surface area contributed by atoms with Crippen molar-refractivity contribution in [2.24, 2.45) is 5.92 Å². The molecular weight excluding hydrogens is 314 g/mol. The summed E-state index contributed by atoms with van der Waals surface area (Å²) >= 11 is 0. The Hall–Kier alpha value is -2.14. The van der Waals surface area contributed by atoms with Gasteiger partial charge in [0.2, 0.25) is 5.91 Å². The first-order valence-electron chi connectivity index (χ1n) is 9.30. The molecule has 5 heteroatoms. The van der Waals surface area contributed by atoms with Crippen LogP contribution in [-0.2, 0) is 11.2 Å². The molecule has 1 saturated heterocycles. The summed E-state index contributed by atoms with van der Waals surface area (Å²) in [4.78, 5) is 32.3. The maximum absolute atomic E-state index is 12.8. The number of amides is 1. The number of aryl methyl sites for hydroxylation is 1. The SMILES string of the molecule is CCc1cccc2c(C(=O)CN3CCN(C(=O)C4CC4)CC3)c[nH]c12. The average molecular weight is 339 g/mol. The third-order valence-electron chi connectivity index (χ3n) is 5.46. The van der Waals surface area contributed by atoms with Crippen LogP contribution in [0.25, 0.3) is 10.9 Å². The van der Waals surface area contributed by atoms with Crippen LogP contribution < -0.4 is 0 Å². The van der Waals surface area contributed by atoms with Crippen LogP contribution in [0.5, 0.6) is 0 Å². The van der Waals surface area contributed by atoms with Gasteiger partial charge in [-0.15, -0.1) is 0 Å². The first-order valence-corrected chi connectivity index (χ1v) is 9.30. The number of nitrogens with one attached hydrogen (secondary N) is 1. The molecule has 2 fully saturated rings. The van der Waals surface area contributed by atoms with E-state index in [1.54, 1.807) is 0 Å². The Bertz CT molecular complexity index is 798. The van der Waals surface area contributed by atoms with Gasteiger partial charge in [0.15, 0.2) is 5.78 Å². The van der Waals surface area contributed by atoms with E-state index in [1.165, 1.54) is 5.56 Å². The Morgan fingerprint density at radius 2 is 1.92 bits per heavy atom. The second kappa shape index (κ2) is 6.64. The van der Waals surface area contributed by atoms with Gasteiger partial charge in [0.1, 0.15) is 0 Å². The molecule has 2 heterocycles. The van der Waals surface area contributed by atoms with Gasteiger partial charge >= 0.3 is 0 Å². The van der Waals surface area contributed by atoms with Crippen LogP contribution in [0.4, 0.5) is 0 Å². The van der Waals surface area contributed by atoms with Crippen LogP contribution in [0.3, 0.4) is 0 Å². The Labute approximate surface area is 148 Å². The van der Waals surface area contributed by atoms with Crippen molar-refractivity contribution in [1.29, 1.82) is 0 Å². The lowest BCUT2D eigenvalue weighted by Gasteiger charge is -2.34. The first kappa shape index (κ1) is 16.3. The molecule has 0 bridgehead atoms. The van der Waals surface area contributed by atoms with E-state index in [4.69, 9.17) is 0 Å². The summed E-state index contributed by atoms with van der Waals surface area (Å²) in [6.07, 6.45) is 4.90. The zero-order valence-electron chi connectivity index (χ0n) is 14.8. The first-order chi connectivity index (χ1) is 12.2. The number of ketones is 1. The van der Waals surface area contributed by atoms with Crippen molar-refractivity contribution < 1.29 is 9.59 Å². The van der Waals surface area contributed by atoms with E-state index < -0.39 is 0 Å². The fraction of sp³-hybridized carbons (Fsp3) is 0.500. The zero-order valence-corrected chi connectivity index (χ0v) is 14.8. The minimum Gasteiger partial charge on any atom is -0.360 e. The molecule has 1 aliphatic carbocycles. The minimum absolute atomic E-state index is 0.154. The third-order valence-corrected chi connectivity index (χ3v) is 5.46. The van der Waals surface area contributed by atoms with Crippen LogP contribution >= 0.6 is 0 Å². The van der Waals surface area contributed by atoms with Gasteiger partial charge in [0, 0.05) is 54.8 Å². The van der Waals surface area contributed by atoms with E-state index in [-0.39, 0.29) is 11.7 Å². The number of piperazine rings is 1. The van der Waals surface area contributed by atoms with Crippen LogP contribution in [0.15, 0.2) is 24.4 Å². The average Bonchev–Trinajstić information content (AvgIpc) is 3.40. The molecule has 2 aromatic rings. The third kappa shape index (κ3) is 3.21. The van der Waals surface area contributed by atoms with E-state index >= 15 is 0 Å².